The van der Waals surface area contributed by atoms with Crippen molar-refractivity contribution >= 4 is 28.8 Å². The Kier molecular flexibility index (Phi) is 7.01. The Balaban J connectivity index is 1.08. The van der Waals surface area contributed by atoms with Gasteiger partial charge in [0.05, 0.1) is 41.8 Å². The van der Waals surface area contributed by atoms with E-state index in [0.29, 0.717) is 31.4 Å². The number of fused-ring (bicyclic) bond motifs is 1. The molecular weight excluding hydrogens is 520 g/mol. The number of pyridine rings is 1. The number of unbranched alkanes of at least 4 members (excludes halogenated alkanes) is 1. The molecule has 0 radical (unpaired) electrons. The standard InChI is InChI=1S/C31H36N6O4/c1-19-17-26(38)32-33-28(19)21-9-11-22(12-10-21)41-16-6-5-15-36-30(39)31(2,3)29(35-36)23-13-14-27(40-4)37-25(23)18-24(34-37)20-7-8-20/h9-14,18-20H,5-8,15-17H2,1-4H3,(H,32,38). The number of nitrogens with one attached hydrogen (secondary N) is 1. The zero-order chi connectivity index (χ0) is 28.7. The second kappa shape index (κ2) is 10.6. The van der Waals surface area contributed by atoms with Gasteiger partial charge < -0.3 is 9.47 Å². The Bertz CT molecular complexity index is 1550. The fraction of sp³-hybridized carbons (Fsp3) is 0.452. The highest BCUT2D eigenvalue weighted by molar-refractivity contribution is 6.21. The molecule has 0 bridgehead atoms. The molecule has 0 saturated heterocycles. The normalized spacial score (nSPS) is 20.2. The molecule has 2 amide bonds. The van der Waals surface area contributed by atoms with Crippen LogP contribution in [0.3, 0.4) is 0 Å². The SMILES string of the molecule is COc1ccc(C2=NN(CCCCOc3ccc(C4=NNC(=O)CC4C)cc3)C(=O)C2(C)C)c2cc(C3CC3)nn12. The maximum Gasteiger partial charge on any atom is 0.254 e. The summed E-state index contributed by atoms with van der Waals surface area (Å²) < 4.78 is 13.3. The number of methoxy groups -OCH3 is 1. The van der Waals surface area contributed by atoms with Gasteiger partial charge in [-0.1, -0.05) is 6.92 Å². The van der Waals surface area contributed by atoms with Gasteiger partial charge in [0.25, 0.3) is 5.91 Å². The number of amides is 2. The minimum absolute atomic E-state index is 0.00375. The summed E-state index contributed by atoms with van der Waals surface area (Å²) in [5.74, 6) is 1.96. The molecule has 214 valence electrons. The third-order valence-electron chi connectivity index (χ3n) is 8.09. The Labute approximate surface area is 239 Å². The van der Waals surface area contributed by atoms with Gasteiger partial charge in [-0.3, -0.25) is 9.59 Å². The van der Waals surface area contributed by atoms with Gasteiger partial charge in [0.1, 0.15) is 5.75 Å². The van der Waals surface area contributed by atoms with Crippen molar-refractivity contribution in [1.29, 1.82) is 0 Å². The highest BCUT2D eigenvalue weighted by Gasteiger charge is 2.44. The van der Waals surface area contributed by atoms with E-state index in [1.54, 1.807) is 12.1 Å². The average molecular weight is 557 g/mol. The topological polar surface area (TPSA) is 110 Å². The molecule has 4 heterocycles. The van der Waals surface area contributed by atoms with E-state index >= 15 is 0 Å². The van der Waals surface area contributed by atoms with Crippen LogP contribution < -0.4 is 14.9 Å². The van der Waals surface area contributed by atoms with Crippen LogP contribution in [0.1, 0.15) is 75.6 Å². The summed E-state index contributed by atoms with van der Waals surface area (Å²) in [6, 6.07) is 13.8. The molecule has 3 aliphatic rings. The number of rotatable bonds is 10. The van der Waals surface area contributed by atoms with Gasteiger partial charge in [-0.2, -0.15) is 15.3 Å². The van der Waals surface area contributed by atoms with E-state index in [0.717, 1.165) is 65.2 Å². The largest absolute Gasteiger partial charge is 0.494 e. The van der Waals surface area contributed by atoms with E-state index in [-0.39, 0.29) is 17.7 Å². The Morgan fingerprint density at radius 1 is 1.07 bits per heavy atom. The molecule has 2 aliphatic heterocycles. The van der Waals surface area contributed by atoms with Crippen LogP contribution in [0, 0.1) is 11.3 Å². The summed E-state index contributed by atoms with van der Waals surface area (Å²) in [4.78, 5) is 24.9. The Hall–Kier alpha value is -4.21. The van der Waals surface area contributed by atoms with Crippen LogP contribution >= 0.6 is 0 Å². The number of carbonyl (C=O) groups excluding carboxylic acids is 2. The van der Waals surface area contributed by atoms with Gasteiger partial charge in [-0.25, -0.2) is 15.0 Å². The molecule has 2 aromatic heterocycles. The van der Waals surface area contributed by atoms with Crippen LogP contribution in [0.5, 0.6) is 11.6 Å². The zero-order valence-electron chi connectivity index (χ0n) is 24.0. The van der Waals surface area contributed by atoms with Crippen LogP contribution in [0.4, 0.5) is 0 Å². The molecule has 1 unspecified atom stereocenters. The van der Waals surface area contributed by atoms with Gasteiger partial charge in [-0.15, -0.1) is 0 Å². The van der Waals surface area contributed by atoms with Crippen molar-refractivity contribution in [2.24, 2.45) is 21.5 Å². The molecule has 1 aliphatic carbocycles. The van der Waals surface area contributed by atoms with Gasteiger partial charge in [0.15, 0.2) is 0 Å². The number of aromatic nitrogens is 2. The molecule has 3 aromatic rings. The molecule has 6 rings (SSSR count). The van der Waals surface area contributed by atoms with Crippen LogP contribution in [-0.4, -0.2) is 58.1 Å². The first-order valence-corrected chi connectivity index (χ1v) is 14.3. The van der Waals surface area contributed by atoms with Crippen LogP contribution in [0.25, 0.3) is 5.52 Å². The monoisotopic (exact) mass is 556 g/mol. The average Bonchev–Trinajstić information content (AvgIpc) is 3.67. The van der Waals surface area contributed by atoms with Crippen LogP contribution in [-0.2, 0) is 9.59 Å². The fourth-order valence-corrected chi connectivity index (χ4v) is 5.54. The number of hydrogen-bond donors (Lipinski definition) is 1. The molecule has 0 spiro atoms. The first-order valence-electron chi connectivity index (χ1n) is 14.3. The van der Waals surface area contributed by atoms with E-state index in [2.05, 4.69) is 16.6 Å². The summed E-state index contributed by atoms with van der Waals surface area (Å²) in [5, 5.41) is 15.4. The van der Waals surface area contributed by atoms with Crippen molar-refractivity contribution in [2.45, 2.75) is 58.8 Å². The number of benzene rings is 1. The summed E-state index contributed by atoms with van der Waals surface area (Å²) in [7, 11) is 1.64. The van der Waals surface area contributed by atoms with E-state index in [4.69, 9.17) is 19.7 Å². The summed E-state index contributed by atoms with van der Waals surface area (Å²) in [6.45, 7) is 6.94. The second-order valence-electron chi connectivity index (χ2n) is 11.6. The Morgan fingerprint density at radius 2 is 1.85 bits per heavy atom. The molecule has 1 atom stereocenters. The van der Waals surface area contributed by atoms with Gasteiger partial charge in [-0.05, 0) is 81.5 Å². The van der Waals surface area contributed by atoms with Gasteiger partial charge in [0.2, 0.25) is 11.8 Å². The van der Waals surface area contributed by atoms with E-state index in [9.17, 15) is 9.59 Å². The lowest BCUT2D eigenvalue weighted by molar-refractivity contribution is -0.135. The zero-order valence-corrected chi connectivity index (χ0v) is 24.0. The van der Waals surface area contributed by atoms with Crippen molar-refractivity contribution in [2.75, 3.05) is 20.3 Å². The number of ether oxygens (including phenoxy) is 2. The number of hydrogen-bond acceptors (Lipinski definition) is 7. The highest BCUT2D eigenvalue weighted by atomic mass is 16.5. The maximum atomic E-state index is 13.4. The van der Waals surface area contributed by atoms with E-state index in [1.165, 1.54) is 0 Å². The molecule has 41 heavy (non-hydrogen) atoms. The summed E-state index contributed by atoms with van der Waals surface area (Å²) in [5.41, 5.74) is 7.31. The summed E-state index contributed by atoms with van der Waals surface area (Å²) >= 11 is 0. The van der Waals surface area contributed by atoms with E-state index < -0.39 is 5.41 Å². The third-order valence-corrected chi connectivity index (χ3v) is 8.09. The highest BCUT2D eigenvalue weighted by Crippen LogP contribution is 2.41. The van der Waals surface area contributed by atoms with Crippen molar-refractivity contribution in [1.82, 2.24) is 20.0 Å². The van der Waals surface area contributed by atoms with Crippen molar-refractivity contribution in [3.8, 4) is 11.6 Å². The first kappa shape index (κ1) is 27.0. The molecule has 1 saturated carbocycles. The van der Waals surface area contributed by atoms with Gasteiger partial charge >= 0.3 is 0 Å². The number of carbonyl (C=O) groups is 2. The third kappa shape index (κ3) is 5.18. The number of hydrazone groups is 2. The first-order chi connectivity index (χ1) is 19.8. The predicted octanol–water partition coefficient (Wildman–Crippen LogP) is 4.51. The lowest BCUT2D eigenvalue weighted by Crippen LogP contribution is -2.35. The Morgan fingerprint density at radius 3 is 2.56 bits per heavy atom. The molecule has 10 nitrogen and oxygen atoms in total. The van der Waals surface area contributed by atoms with Crippen LogP contribution in [0.2, 0.25) is 0 Å². The van der Waals surface area contributed by atoms with E-state index in [1.807, 2.05) is 61.7 Å². The van der Waals surface area contributed by atoms with Crippen molar-refractivity contribution in [3.05, 3.63) is 59.3 Å². The minimum Gasteiger partial charge on any atom is -0.494 e. The van der Waals surface area contributed by atoms with Gasteiger partial charge in [0, 0.05) is 36.4 Å². The summed E-state index contributed by atoms with van der Waals surface area (Å²) in [6.07, 6.45) is 4.30. The second-order valence-corrected chi connectivity index (χ2v) is 11.6. The van der Waals surface area contributed by atoms with Crippen molar-refractivity contribution in [3.63, 3.8) is 0 Å². The molecule has 1 aromatic carbocycles. The quantitative estimate of drug-likeness (QED) is 0.370. The van der Waals surface area contributed by atoms with Crippen molar-refractivity contribution < 1.29 is 19.1 Å². The molecule has 1 fully saturated rings. The molecule has 1 N–H and O–H groups in total. The smallest absolute Gasteiger partial charge is 0.254 e. The molecule has 10 heteroatoms. The maximum absolute atomic E-state index is 13.4. The fourth-order valence-electron chi connectivity index (χ4n) is 5.54. The number of nitrogens with zero attached hydrogens (tertiary/aromatic N) is 5. The van der Waals surface area contributed by atoms with Crippen LogP contribution in [0.15, 0.2) is 52.7 Å². The lowest BCUT2D eigenvalue weighted by atomic mass is 9.83. The molecular formula is C31H36N6O4. The lowest BCUT2D eigenvalue weighted by Gasteiger charge is -2.20. The minimum atomic E-state index is -0.750. The predicted molar refractivity (Wildman–Crippen MR) is 155 cm³/mol.